The van der Waals surface area contributed by atoms with E-state index in [0.717, 1.165) is 31.5 Å². The lowest BCUT2D eigenvalue weighted by Gasteiger charge is -2.19. The van der Waals surface area contributed by atoms with Crippen molar-refractivity contribution in [2.75, 3.05) is 11.9 Å². The third-order valence-electron chi connectivity index (χ3n) is 3.65. The van der Waals surface area contributed by atoms with Gasteiger partial charge in [0.25, 0.3) is 0 Å². The number of carbonyl (C=O) groups excluding carboxylic acids is 1. The molecular weight excluding hydrogens is 274 g/mol. The van der Waals surface area contributed by atoms with Crippen LogP contribution in [0.4, 0.5) is 5.69 Å². The van der Waals surface area contributed by atoms with Gasteiger partial charge in [0.15, 0.2) is 0 Å². The summed E-state index contributed by atoms with van der Waals surface area (Å²) in [5.41, 5.74) is 2.15. The van der Waals surface area contributed by atoms with Gasteiger partial charge in [-0.1, -0.05) is 26.0 Å². The highest BCUT2D eigenvalue weighted by Crippen LogP contribution is 2.20. The van der Waals surface area contributed by atoms with E-state index in [-0.39, 0.29) is 11.6 Å². The van der Waals surface area contributed by atoms with Gasteiger partial charge in [-0.3, -0.25) is 4.79 Å². The van der Waals surface area contributed by atoms with Crippen LogP contribution in [0.3, 0.4) is 0 Å². The predicted molar refractivity (Wildman–Crippen MR) is 93.3 cm³/mol. The SMILES string of the molecule is CCC(C)c1ccc(NCCCCC(=O)OC(C)(C)C)cc1. The third-order valence-corrected chi connectivity index (χ3v) is 3.65. The standard InChI is InChI=1S/C19H31NO2/c1-6-15(2)16-10-12-17(13-11-16)20-14-8-7-9-18(21)22-19(3,4)5/h10-13,15,20H,6-9,14H2,1-5H3. The highest BCUT2D eigenvalue weighted by atomic mass is 16.6. The summed E-state index contributed by atoms with van der Waals surface area (Å²) in [7, 11) is 0. The second-order valence-electron chi connectivity index (χ2n) is 6.90. The monoisotopic (exact) mass is 305 g/mol. The van der Waals surface area contributed by atoms with Gasteiger partial charge >= 0.3 is 5.97 Å². The van der Waals surface area contributed by atoms with Gasteiger partial charge in [0, 0.05) is 18.7 Å². The van der Waals surface area contributed by atoms with E-state index in [1.54, 1.807) is 0 Å². The predicted octanol–water partition coefficient (Wildman–Crippen LogP) is 5.12. The number of benzene rings is 1. The Kier molecular flexibility index (Phi) is 7.43. The molecule has 3 nitrogen and oxygen atoms in total. The van der Waals surface area contributed by atoms with Crippen LogP contribution in [0.1, 0.15) is 71.8 Å². The minimum Gasteiger partial charge on any atom is -0.460 e. The quantitative estimate of drug-likeness (QED) is 0.535. The number of anilines is 1. The fourth-order valence-electron chi connectivity index (χ4n) is 2.18. The van der Waals surface area contributed by atoms with E-state index in [9.17, 15) is 4.79 Å². The average molecular weight is 305 g/mol. The molecule has 0 radical (unpaired) electrons. The summed E-state index contributed by atoms with van der Waals surface area (Å²) >= 11 is 0. The van der Waals surface area contributed by atoms with Crippen molar-refractivity contribution in [2.24, 2.45) is 0 Å². The Hall–Kier alpha value is -1.51. The van der Waals surface area contributed by atoms with Gasteiger partial charge in [-0.05, 0) is 63.6 Å². The molecule has 1 atom stereocenters. The molecular formula is C19H31NO2. The summed E-state index contributed by atoms with van der Waals surface area (Å²) < 4.78 is 5.29. The van der Waals surface area contributed by atoms with Gasteiger partial charge in [-0.25, -0.2) is 0 Å². The third kappa shape index (κ3) is 7.48. The zero-order valence-electron chi connectivity index (χ0n) is 14.7. The number of ether oxygens (including phenoxy) is 1. The molecule has 3 heteroatoms. The Morgan fingerprint density at radius 2 is 1.82 bits per heavy atom. The zero-order chi connectivity index (χ0) is 16.6. The van der Waals surface area contributed by atoms with E-state index in [0.29, 0.717) is 12.3 Å². The Balaban J connectivity index is 2.21. The van der Waals surface area contributed by atoms with E-state index < -0.39 is 0 Å². The average Bonchev–Trinajstić information content (AvgIpc) is 2.45. The topological polar surface area (TPSA) is 38.3 Å². The van der Waals surface area contributed by atoms with E-state index in [4.69, 9.17) is 4.74 Å². The van der Waals surface area contributed by atoms with Crippen LogP contribution in [0.25, 0.3) is 0 Å². The van der Waals surface area contributed by atoms with Crippen LogP contribution in [-0.4, -0.2) is 18.1 Å². The molecule has 0 saturated heterocycles. The van der Waals surface area contributed by atoms with Crippen molar-refractivity contribution in [3.05, 3.63) is 29.8 Å². The maximum atomic E-state index is 11.6. The first kappa shape index (κ1) is 18.5. The van der Waals surface area contributed by atoms with E-state index >= 15 is 0 Å². The Labute approximate surface area is 135 Å². The summed E-state index contributed by atoms with van der Waals surface area (Å²) in [4.78, 5) is 11.6. The highest BCUT2D eigenvalue weighted by molar-refractivity contribution is 5.69. The lowest BCUT2D eigenvalue weighted by Crippen LogP contribution is -2.23. The molecule has 0 heterocycles. The number of rotatable bonds is 8. The van der Waals surface area contributed by atoms with Gasteiger partial charge in [0.1, 0.15) is 5.60 Å². The first-order chi connectivity index (χ1) is 10.3. The summed E-state index contributed by atoms with van der Waals surface area (Å²) in [5, 5.41) is 3.40. The van der Waals surface area contributed by atoms with Crippen molar-refractivity contribution in [1.29, 1.82) is 0 Å². The molecule has 1 aromatic rings. The molecule has 1 N–H and O–H groups in total. The molecule has 0 aliphatic carbocycles. The number of unbranched alkanes of at least 4 members (excludes halogenated alkanes) is 1. The molecule has 124 valence electrons. The minimum absolute atomic E-state index is 0.106. The largest absolute Gasteiger partial charge is 0.460 e. The van der Waals surface area contributed by atoms with Gasteiger partial charge in [0.05, 0.1) is 0 Å². The Bertz CT molecular complexity index is 445. The minimum atomic E-state index is -0.382. The van der Waals surface area contributed by atoms with Gasteiger partial charge in [0.2, 0.25) is 0 Å². The smallest absolute Gasteiger partial charge is 0.306 e. The molecule has 0 saturated carbocycles. The molecule has 0 amide bonds. The fraction of sp³-hybridized carbons (Fsp3) is 0.632. The second kappa shape index (κ2) is 8.82. The van der Waals surface area contributed by atoms with Crippen LogP contribution in [0.5, 0.6) is 0 Å². The summed E-state index contributed by atoms with van der Waals surface area (Å²) in [6.45, 7) is 11.0. The van der Waals surface area contributed by atoms with Gasteiger partial charge < -0.3 is 10.1 Å². The number of nitrogens with one attached hydrogen (secondary N) is 1. The lowest BCUT2D eigenvalue weighted by atomic mass is 9.99. The second-order valence-corrected chi connectivity index (χ2v) is 6.90. The maximum Gasteiger partial charge on any atom is 0.306 e. The van der Waals surface area contributed by atoms with E-state index in [2.05, 4.69) is 43.4 Å². The van der Waals surface area contributed by atoms with Crippen molar-refractivity contribution < 1.29 is 9.53 Å². The number of carbonyl (C=O) groups is 1. The van der Waals surface area contributed by atoms with Crippen LogP contribution < -0.4 is 5.32 Å². The summed E-state index contributed by atoms with van der Waals surface area (Å²) in [6.07, 6.45) is 3.47. The summed E-state index contributed by atoms with van der Waals surface area (Å²) in [5.74, 6) is 0.508. The number of hydrogen-bond acceptors (Lipinski definition) is 3. The molecule has 1 unspecified atom stereocenters. The van der Waals surface area contributed by atoms with Gasteiger partial charge in [-0.15, -0.1) is 0 Å². The van der Waals surface area contributed by atoms with Crippen molar-refractivity contribution >= 4 is 11.7 Å². The zero-order valence-corrected chi connectivity index (χ0v) is 14.7. The first-order valence-corrected chi connectivity index (χ1v) is 8.37. The first-order valence-electron chi connectivity index (χ1n) is 8.37. The molecule has 1 rings (SSSR count). The molecule has 0 fully saturated rings. The van der Waals surface area contributed by atoms with Crippen molar-refractivity contribution in [1.82, 2.24) is 0 Å². The highest BCUT2D eigenvalue weighted by Gasteiger charge is 2.15. The molecule has 0 aliphatic rings. The molecule has 0 bridgehead atoms. The molecule has 1 aromatic carbocycles. The van der Waals surface area contributed by atoms with Crippen LogP contribution in [0, 0.1) is 0 Å². The number of hydrogen-bond donors (Lipinski definition) is 1. The molecule has 0 spiro atoms. The van der Waals surface area contributed by atoms with E-state index in [1.165, 1.54) is 5.56 Å². The van der Waals surface area contributed by atoms with Crippen LogP contribution in [-0.2, 0) is 9.53 Å². The van der Waals surface area contributed by atoms with Gasteiger partial charge in [-0.2, -0.15) is 0 Å². The van der Waals surface area contributed by atoms with Crippen molar-refractivity contribution in [3.63, 3.8) is 0 Å². The summed E-state index contributed by atoms with van der Waals surface area (Å²) in [6, 6.07) is 8.65. The van der Waals surface area contributed by atoms with Crippen molar-refractivity contribution in [3.8, 4) is 0 Å². The van der Waals surface area contributed by atoms with Crippen LogP contribution in [0.2, 0.25) is 0 Å². The van der Waals surface area contributed by atoms with Crippen LogP contribution >= 0.6 is 0 Å². The fourth-order valence-corrected chi connectivity index (χ4v) is 2.18. The Morgan fingerprint density at radius 3 is 2.36 bits per heavy atom. The normalized spacial score (nSPS) is 12.8. The van der Waals surface area contributed by atoms with E-state index in [1.807, 2.05) is 20.8 Å². The molecule has 0 aromatic heterocycles. The number of esters is 1. The Morgan fingerprint density at radius 1 is 1.18 bits per heavy atom. The lowest BCUT2D eigenvalue weighted by molar-refractivity contribution is -0.154. The maximum absolute atomic E-state index is 11.6. The molecule has 0 aliphatic heterocycles. The molecule has 22 heavy (non-hydrogen) atoms. The van der Waals surface area contributed by atoms with Crippen LogP contribution in [0.15, 0.2) is 24.3 Å². The van der Waals surface area contributed by atoms with Crippen molar-refractivity contribution in [2.45, 2.75) is 71.8 Å².